The summed E-state index contributed by atoms with van der Waals surface area (Å²) in [5, 5.41) is 10.6. The number of hydrogen-bond donors (Lipinski definition) is 1. The average molecular weight is 249 g/mol. The Labute approximate surface area is 104 Å². The molecule has 94 valence electrons. The summed E-state index contributed by atoms with van der Waals surface area (Å²) in [5.74, 6) is -0.905. The minimum Gasteiger partial charge on any atom is -0.379 e. The summed E-state index contributed by atoms with van der Waals surface area (Å²) in [4.78, 5) is 3.88. The molecule has 0 amide bonds. The summed E-state index contributed by atoms with van der Waals surface area (Å²) < 4.78 is 26.1. The van der Waals surface area contributed by atoms with Crippen LogP contribution in [0.1, 0.15) is 24.6 Å². The zero-order chi connectivity index (χ0) is 13.2. The standard InChI is InChI=1S/C14H13F2NO/c1-2-14(18,10-4-3-5-11(15)8-10)13-7-6-12(16)9-17-13/h3-9,18H,2H2,1H3. The van der Waals surface area contributed by atoms with E-state index in [1.54, 1.807) is 13.0 Å². The molecule has 2 nitrogen and oxygen atoms in total. The molecular formula is C14H13F2NO. The van der Waals surface area contributed by atoms with Crippen LogP contribution in [0.2, 0.25) is 0 Å². The van der Waals surface area contributed by atoms with Gasteiger partial charge in [0.25, 0.3) is 0 Å². The fourth-order valence-corrected chi connectivity index (χ4v) is 1.90. The molecule has 18 heavy (non-hydrogen) atoms. The Bertz CT molecular complexity index is 542. The van der Waals surface area contributed by atoms with Crippen molar-refractivity contribution < 1.29 is 13.9 Å². The number of aliphatic hydroxyl groups is 1. The zero-order valence-corrected chi connectivity index (χ0v) is 9.90. The molecule has 0 fully saturated rings. The molecule has 2 rings (SSSR count). The molecule has 1 atom stereocenters. The molecular weight excluding hydrogens is 236 g/mol. The van der Waals surface area contributed by atoms with Crippen LogP contribution in [0, 0.1) is 11.6 Å². The SMILES string of the molecule is CCC(O)(c1cccc(F)c1)c1ccc(F)cn1. The summed E-state index contributed by atoms with van der Waals surface area (Å²) >= 11 is 0. The van der Waals surface area contributed by atoms with E-state index < -0.39 is 17.2 Å². The van der Waals surface area contributed by atoms with Gasteiger partial charge in [0.1, 0.15) is 17.2 Å². The second-order valence-electron chi connectivity index (χ2n) is 4.09. The first-order chi connectivity index (χ1) is 8.56. The molecule has 1 aromatic carbocycles. The highest BCUT2D eigenvalue weighted by molar-refractivity contribution is 5.32. The molecule has 4 heteroatoms. The first-order valence-electron chi connectivity index (χ1n) is 5.66. The molecule has 0 aliphatic rings. The fraction of sp³-hybridized carbons (Fsp3) is 0.214. The lowest BCUT2D eigenvalue weighted by molar-refractivity contribution is 0.0714. The van der Waals surface area contributed by atoms with Gasteiger partial charge in [-0.25, -0.2) is 8.78 Å². The van der Waals surface area contributed by atoms with Crippen LogP contribution >= 0.6 is 0 Å². The molecule has 0 aliphatic heterocycles. The second kappa shape index (κ2) is 4.82. The molecule has 1 unspecified atom stereocenters. The van der Waals surface area contributed by atoms with E-state index in [1.807, 2.05) is 0 Å². The third-order valence-corrected chi connectivity index (χ3v) is 2.96. The van der Waals surface area contributed by atoms with Crippen LogP contribution in [0.4, 0.5) is 8.78 Å². The largest absolute Gasteiger partial charge is 0.379 e. The van der Waals surface area contributed by atoms with Crippen molar-refractivity contribution in [3.05, 3.63) is 65.5 Å². The second-order valence-corrected chi connectivity index (χ2v) is 4.09. The molecule has 0 bridgehead atoms. The number of pyridine rings is 1. The lowest BCUT2D eigenvalue weighted by Crippen LogP contribution is -2.27. The topological polar surface area (TPSA) is 33.1 Å². The van der Waals surface area contributed by atoms with Crippen LogP contribution in [0.25, 0.3) is 0 Å². The number of halogens is 2. The Morgan fingerprint density at radius 3 is 2.50 bits per heavy atom. The van der Waals surface area contributed by atoms with Gasteiger partial charge < -0.3 is 5.11 Å². The van der Waals surface area contributed by atoms with Gasteiger partial charge in [0.15, 0.2) is 0 Å². The molecule has 1 heterocycles. The predicted octanol–water partition coefficient (Wildman–Crippen LogP) is 3.01. The number of aromatic nitrogens is 1. The Morgan fingerprint density at radius 2 is 1.94 bits per heavy atom. The van der Waals surface area contributed by atoms with E-state index in [-0.39, 0.29) is 0 Å². The van der Waals surface area contributed by atoms with E-state index in [4.69, 9.17) is 0 Å². The molecule has 2 aromatic rings. The summed E-state index contributed by atoms with van der Waals surface area (Å²) in [6.45, 7) is 1.76. The minimum absolute atomic E-state index is 0.303. The first-order valence-corrected chi connectivity index (χ1v) is 5.66. The smallest absolute Gasteiger partial charge is 0.141 e. The van der Waals surface area contributed by atoms with Crippen molar-refractivity contribution >= 4 is 0 Å². The van der Waals surface area contributed by atoms with Gasteiger partial charge in [-0.2, -0.15) is 0 Å². The lowest BCUT2D eigenvalue weighted by Gasteiger charge is -2.26. The monoisotopic (exact) mass is 249 g/mol. The van der Waals surface area contributed by atoms with Crippen LogP contribution in [-0.4, -0.2) is 10.1 Å². The van der Waals surface area contributed by atoms with E-state index in [1.165, 1.54) is 30.3 Å². The van der Waals surface area contributed by atoms with E-state index in [9.17, 15) is 13.9 Å². The van der Waals surface area contributed by atoms with Crippen molar-refractivity contribution in [3.63, 3.8) is 0 Å². The van der Waals surface area contributed by atoms with E-state index >= 15 is 0 Å². The maximum atomic E-state index is 13.2. The molecule has 0 aliphatic carbocycles. The maximum Gasteiger partial charge on any atom is 0.141 e. The first kappa shape index (κ1) is 12.6. The van der Waals surface area contributed by atoms with Gasteiger partial charge in [0.2, 0.25) is 0 Å². The van der Waals surface area contributed by atoms with Crippen molar-refractivity contribution in [2.24, 2.45) is 0 Å². The Balaban J connectivity index is 2.51. The fourth-order valence-electron chi connectivity index (χ4n) is 1.90. The van der Waals surface area contributed by atoms with Gasteiger partial charge >= 0.3 is 0 Å². The number of nitrogens with zero attached hydrogens (tertiary/aromatic N) is 1. The summed E-state index contributed by atoms with van der Waals surface area (Å²) in [7, 11) is 0. The van der Waals surface area contributed by atoms with Gasteiger partial charge in [-0.3, -0.25) is 4.98 Å². The van der Waals surface area contributed by atoms with Crippen molar-refractivity contribution in [1.82, 2.24) is 4.98 Å². The van der Waals surface area contributed by atoms with E-state index in [0.29, 0.717) is 17.7 Å². The van der Waals surface area contributed by atoms with Gasteiger partial charge in [-0.05, 0) is 36.2 Å². The molecule has 0 saturated carbocycles. The predicted molar refractivity (Wildman–Crippen MR) is 63.9 cm³/mol. The third kappa shape index (κ3) is 2.24. The highest BCUT2D eigenvalue weighted by Gasteiger charge is 2.31. The minimum atomic E-state index is -1.41. The van der Waals surface area contributed by atoms with Gasteiger partial charge in [0.05, 0.1) is 11.9 Å². The Hall–Kier alpha value is -1.81. The molecule has 1 N–H and O–H groups in total. The average Bonchev–Trinajstić information content (AvgIpc) is 2.38. The van der Waals surface area contributed by atoms with Crippen LogP contribution in [-0.2, 0) is 5.60 Å². The van der Waals surface area contributed by atoms with Crippen molar-refractivity contribution in [2.75, 3.05) is 0 Å². The van der Waals surface area contributed by atoms with Gasteiger partial charge in [-0.15, -0.1) is 0 Å². The van der Waals surface area contributed by atoms with E-state index in [0.717, 1.165) is 6.20 Å². The van der Waals surface area contributed by atoms with Crippen molar-refractivity contribution in [3.8, 4) is 0 Å². The Kier molecular flexibility index (Phi) is 3.39. The zero-order valence-electron chi connectivity index (χ0n) is 9.90. The van der Waals surface area contributed by atoms with Crippen molar-refractivity contribution in [1.29, 1.82) is 0 Å². The van der Waals surface area contributed by atoms with Gasteiger partial charge in [0, 0.05) is 0 Å². The molecule has 0 saturated heterocycles. The highest BCUT2D eigenvalue weighted by atomic mass is 19.1. The molecule has 1 aromatic heterocycles. The Morgan fingerprint density at radius 1 is 1.17 bits per heavy atom. The van der Waals surface area contributed by atoms with Crippen LogP contribution < -0.4 is 0 Å². The van der Waals surface area contributed by atoms with Crippen LogP contribution in [0.15, 0.2) is 42.6 Å². The lowest BCUT2D eigenvalue weighted by atomic mass is 9.87. The summed E-state index contributed by atoms with van der Waals surface area (Å²) in [6, 6.07) is 8.34. The van der Waals surface area contributed by atoms with E-state index in [2.05, 4.69) is 4.98 Å². The normalized spacial score (nSPS) is 14.2. The highest BCUT2D eigenvalue weighted by Crippen LogP contribution is 2.31. The number of rotatable bonds is 3. The van der Waals surface area contributed by atoms with Gasteiger partial charge in [-0.1, -0.05) is 19.1 Å². The maximum absolute atomic E-state index is 13.2. The van der Waals surface area contributed by atoms with Crippen molar-refractivity contribution in [2.45, 2.75) is 18.9 Å². The molecule has 0 spiro atoms. The summed E-state index contributed by atoms with van der Waals surface area (Å²) in [5.41, 5.74) is -0.698. The third-order valence-electron chi connectivity index (χ3n) is 2.96. The molecule has 0 radical (unpaired) electrons. The number of benzene rings is 1. The summed E-state index contributed by atoms with van der Waals surface area (Å²) in [6.07, 6.45) is 1.35. The van der Waals surface area contributed by atoms with Crippen LogP contribution in [0.3, 0.4) is 0 Å². The van der Waals surface area contributed by atoms with Crippen LogP contribution in [0.5, 0.6) is 0 Å². The number of hydrogen-bond acceptors (Lipinski definition) is 2. The quantitative estimate of drug-likeness (QED) is 0.907.